The lowest BCUT2D eigenvalue weighted by atomic mass is 10.1. The highest BCUT2D eigenvalue weighted by atomic mass is 16.5. The molecule has 96 valence electrons. The summed E-state index contributed by atoms with van der Waals surface area (Å²) in [7, 11) is 1.70. The minimum atomic E-state index is 0.769. The minimum Gasteiger partial charge on any atom is -0.501 e. The zero-order valence-electron chi connectivity index (χ0n) is 10.8. The van der Waals surface area contributed by atoms with Crippen molar-refractivity contribution >= 4 is 11.5 Å². The predicted octanol–water partition coefficient (Wildman–Crippen LogP) is 2.05. The lowest BCUT2D eigenvalue weighted by Gasteiger charge is -2.09. The Balaban J connectivity index is 1.49. The van der Waals surface area contributed by atoms with E-state index in [2.05, 4.69) is 15.3 Å². The predicted molar refractivity (Wildman–Crippen MR) is 72.9 cm³/mol. The van der Waals surface area contributed by atoms with Crippen molar-refractivity contribution in [3.63, 3.8) is 0 Å². The number of nitrogens with one attached hydrogen (secondary N) is 1. The van der Waals surface area contributed by atoms with E-state index in [9.17, 15) is 0 Å². The van der Waals surface area contributed by atoms with Crippen LogP contribution in [0.5, 0.6) is 0 Å². The summed E-state index contributed by atoms with van der Waals surface area (Å²) in [4.78, 5) is 9.12. The summed E-state index contributed by atoms with van der Waals surface area (Å²) in [6.07, 6.45) is 8.45. The number of ether oxygens (including phenoxy) is 1. The maximum Gasteiger partial charge on any atom is 0.130 e. The number of hydrogen-bond acceptors (Lipinski definition) is 4. The van der Waals surface area contributed by atoms with E-state index in [1.807, 2.05) is 12.2 Å². The van der Waals surface area contributed by atoms with Crippen LogP contribution in [-0.4, -0.2) is 31.7 Å². The second-order valence-electron chi connectivity index (χ2n) is 5.05. The van der Waals surface area contributed by atoms with E-state index in [0.29, 0.717) is 0 Å². The fraction of sp³-hybridized carbons (Fsp3) is 0.571. The zero-order chi connectivity index (χ0) is 12.4. The molecule has 1 aliphatic heterocycles. The first kappa shape index (κ1) is 11.7. The quantitative estimate of drug-likeness (QED) is 0.728. The third-order valence-electron chi connectivity index (χ3n) is 3.50. The van der Waals surface area contributed by atoms with Crippen LogP contribution >= 0.6 is 0 Å². The van der Waals surface area contributed by atoms with Gasteiger partial charge in [0.2, 0.25) is 0 Å². The van der Waals surface area contributed by atoms with E-state index in [1.54, 1.807) is 7.11 Å². The second-order valence-corrected chi connectivity index (χ2v) is 5.05. The second kappa shape index (κ2) is 5.06. The smallest absolute Gasteiger partial charge is 0.130 e. The lowest BCUT2D eigenvalue weighted by Crippen LogP contribution is -2.19. The molecule has 2 aliphatic carbocycles. The van der Waals surface area contributed by atoms with Gasteiger partial charge < -0.3 is 10.1 Å². The summed E-state index contributed by atoms with van der Waals surface area (Å²) in [6.45, 7) is 2.13. The van der Waals surface area contributed by atoms with Gasteiger partial charge in [-0.25, -0.2) is 9.98 Å². The first-order chi connectivity index (χ1) is 8.85. The van der Waals surface area contributed by atoms with Gasteiger partial charge in [0.15, 0.2) is 0 Å². The Labute approximate surface area is 108 Å². The molecule has 0 spiro atoms. The normalized spacial score (nSPS) is 21.8. The van der Waals surface area contributed by atoms with E-state index < -0.39 is 0 Å². The van der Waals surface area contributed by atoms with Gasteiger partial charge in [0.05, 0.1) is 18.5 Å². The molecule has 0 unspecified atom stereocenters. The number of allylic oxidation sites excluding steroid dienone is 4. The Bertz CT molecular complexity index is 456. The van der Waals surface area contributed by atoms with E-state index in [0.717, 1.165) is 54.9 Å². The van der Waals surface area contributed by atoms with Crippen LogP contribution in [0.3, 0.4) is 0 Å². The molecule has 1 saturated carbocycles. The van der Waals surface area contributed by atoms with E-state index in [4.69, 9.17) is 4.74 Å². The Morgan fingerprint density at radius 1 is 1.33 bits per heavy atom. The van der Waals surface area contributed by atoms with Crippen LogP contribution in [0.4, 0.5) is 0 Å². The molecule has 3 rings (SSSR count). The molecule has 4 nitrogen and oxygen atoms in total. The number of rotatable bonds is 6. The number of nitrogens with zero attached hydrogens (tertiary/aromatic N) is 2. The molecular weight excluding hydrogens is 226 g/mol. The molecule has 0 atom stereocenters. The van der Waals surface area contributed by atoms with Crippen LogP contribution in [0.2, 0.25) is 0 Å². The van der Waals surface area contributed by atoms with Crippen molar-refractivity contribution in [2.45, 2.75) is 25.7 Å². The van der Waals surface area contributed by atoms with E-state index >= 15 is 0 Å². The number of aliphatic imine (C=N–C) groups is 2. The molecule has 0 aromatic carbocycles. The van der Waals surface area contributed by atoms with Gasteiger partial charge in [0.25, 0.3) is 0 Å². The molecule has 1 N–H and O–H groups in total. The Hall–Kier alpha value is -1.42. The van der Waals surface area contributed by atoms with Crippen molar-refractivity contribution in [2.75, 3.05) is 20.2 Å². The van der Waals surface area contributed by atoms with Crippen molar-refractivity contribution in [2.24, 2.45) is 15.9 Å². The molecule has 0 amide bonds. The van der Waals surface area contributed by atoms with Crippen LogP contribution in [0.1, 0.15) is 25.7 Å². The molecular formula is C14H19N3O. The number of amidine groups is 1. The molecule has 0 aromatic heterocycles. The van der Waals surface area contributed by atoms with Gasteiger partial charge in [-0.3, -0.25) is 0 Å². The summed E-state index contributed by atoms with van der Waals surface area (Å²) in [5.74, 6) is 2.84. The molecule has 18 heavy (non-hydrogen) atoms. The van der Waals surface area contributed by atoms with Gasteiger partial charge >= 0.3 is 0 Å². The van der Waals surface area contributed by atoms with Crippen LogP contribution in [0.15, 0.2) is 33.6 Å². The number of hydrogen-bond donors (Lipinski definition) is 1. The van der Waals surface area contributed by atoms with Gasteiger partial charge in [0, 0.05) is 19.4 Å². The Kier molecular flexibility index (Phi) is 3.28. The van der Waals surface area contributed by atoms with Crippen molar-refractivity contribution in [1.29, 1.82) is 0 Å². The highest BCUT2D eigenvalue weighted by molar-refractivity contribution is 6.14. The zero-order valence-corrected chi connectivity index (χ0v) is 10.8. The van der Waals surface area contributed by atoms with Gasteiger partial charge in [-0.15, -0.1) is 0 Å². The fourth-order valence-corrected chi connectivity index (χ4v) is 2.18. The molecule has 0 aromatic rings. The van der Waals surface area contributed by atoms with Crippen molar-refractivity contribution in [3.05, 3.63) is 23.6 Å². The van der Waals surface area contributed by atoms with Crippen LogP contribution in [0.25, 0.3) is 0 Å². The molecule has 3 aliphatic rings. The van der Waals surface area contributed by atoms with Crippen molar-refractivity contribution in [1.82, 2.24) is 5.32 Å². The first-order valence-corrected chi connectivity index (χ1v) is 6.66. The molecule has 0 saturated heterocycles. The average Bonchev–Trinajstić information content (AvgIpc) is 3.12. The Morgan fingerprint density at radius 3 is 3.00 bits per heavy atom. The van der Waals surface area contributed by atoms with Crippen LogP contribution in [0, 0.1) is 5.92 Å². The van der Waals surface area contributed by atoms with Gasteiger partial charge in [-0.05, 0) is 37.5 Å². The molecule has 0 radical (unpaired) electrons. The largest absolute Gasteiger partial charge is 0.501 e. The third kappa shape index (κ3) is 2.70. The van der Waals surface area contributed by atoms with Gasteiger partial charge in [0.1, 0.15) is 11.6 Å². The van der Waals surface area contributed by atoms with E-state index in [1.165, 1.54) is 12.8 Å². The Morgan fingerprint density at radius 2 is 2.22 bits per heavy atom. The lowest BCUT2D eigenvalue weighted by molar-refractivity contribution is 0.287. The summed E-state index contributed by atoms with van der Waals surface area (Å²) in [5, 5.41) is 3.47. The summed E-state index contributed by atoms with van der Waals surface area (Å²) < 4.78 is 5.24. The number of fused-ring (bicyclic) bond motifs is 1. The summed E-state index contributed by atoms with van der Waals surface area (Å²) in [5.41, 5.74) is 2.06. The molecule has 1 fully saturated rings. The first-order valence-electron chi connectivity index (χ1n) is 6.66. The molecule has 0 bridgehead atoms. The van der Waals surface area contributed by atoms with Gasteiger partial charge in [-0.2, -0.15) is 0 Å². The van der Waals surface area contributed by atoms with Crippen molar-refractivity contribution < 1.29 is 4.74 Å². The van der Waals surface area contributed by atoms with Crippen molar-refractivity contribution in [3.8, 4) is 0 Å². The maximum atomic E-state index is 5.24. The SMILES string of the molecule is COC1=CC=C2N=C(CCNCC3CC3)N=C2C1. The van der Waals surface area contributed by atoms with E-state index in [-0.39, 0.29) is 0 Å². The van der Waals surface area contributed by atoms with Gasteiger partial charge in [-0.1, -0.05) is 0 Å². The highest BCUT2D eigenvalue weighted by Gasteiger charge is 2.22. The molecule has 1 heterocycles. The fourth-order valence-electron chi connectivity index (χ4n) is 2.18. The highest BCUT2D eigenvalue weighted by Crippen LogP contribution is 2.27. The third-order valence-corrected chi connectivity index (χ3v) is 3.50. The maximum absolute atomic E-state index is 5.24. The minimum absolute atomic E-state index is 0.769. The van der Waals surface area contributed by atoms with Crippen LogP contribution < -0.4 is 5.32 Å². The topological polar surface area (TPSA) is 46.0 Å². The summed E-state index contributed by atoms with van der Waals surface area (Å²) in [6, 6.07) is 0. The monoisotopic (exact) mass is 245 g/mol. The van der Waals surface area contributed by atoms with Crippen LogP contribution in [-0.2, 0) is 4.74 Å². The standard InChI is InChI=1S/C14H19N3O/c1-18-11-4-5-12-13(8-11)17-14(16-12)6-7-15-9-10-2-3-10/h4-5,10,15H,2-3,6-9H2,1H3. The number of methoxy groups -OCH3 is 1. The average molecular weight is 245 g/mol. The molecule has 4 heteroatoms. The summed E-state index contributed by atoms with van der Waals surface area (Å²) >= 11 is 0.